The third-order valence-corrected chi connectivity index (χ3v) is 4.36. The number of fused-ring (bicyclic) bond motifs is 1. The lowest BCUT2D eigenvalue weighted by Gasteiger charge is -2.16. The summed E-state index contributed by atoms with van der Waals surface area (Å²) in [6, 6.07) is 3.95. The van der Waals surface area contributed by atoms with Crippen LogP contribution in [0.3, 0.4) is 0 Å². The molecular formula is C15H18BrN3O. The molecule has 20 heavy (non-hydrogen) atoms. The zero-order valence-electron chi connectivity index (χ0n) is 11.6. The molecule has 0 bridgehead atoms. The van der Waals surface area contributed by atoms with Crippen LogP contribution in [0, 0.1) is 5.92 Å². The predicted octanol–water partition coefficient (Wildman–Crippen LogP) is 3.25. The van der Waals surface area contributed by atoms with E-state index in [1.54, 1.807) is 0 Å². The maximum Gasteiger partial charge on any atom is 0.223 e. The highest BCUT2D eigenvalue weighted by molar-refractivity contribution is 9.10. The van der Waals surface area contributed by atoms with Gasteiger partial charge >= 0.3 is 0 Å². The van der Waals surface area contributed by atoms with Crippen LogP contribution >= 0.6 is 15.9 Å². The third kappa shape index (κ3) is 2.59. The van der Waals surface area contributed by atoms with Crippen LogP contribution in [0.5, 0.6) is 0 Å². The summed E-state index contributed by atoms with van der Waals surface area (Å²) in [6.07, 6.45) is 6.85. The maximum atomic E-state index is 12.1. The van der Waals surface area contributed by atoms with Gasteiger partial charge in [-0.3, -0.25) is 4.79 Å². The molecule has 106 valence electrons. The molecule has 3 heterocycles. The fourth-order valence-corrected chi connectivity index (χ4v) is 3.26. The highest BCUT2D eigenvalue weighted by Crippen LogP contribution is 2.24. The molecule has 1 unspecified atom stereocenters. The Bertz CT molecular complexity index is 637. The number of imidazole rings is 1. The van der Waals surface area contributed by atoms with Crippen molar-refractivity contribution in [2.45, 2.75) is 32.7 Å². The van der Waals surface area contributed by atoms with E-state index in [2.05, 4.69) is 27.8 Å². The highest BCUT2D eigenvalue weighted by Gasteiger charge is 2.29. The summed E-state index contributed by atoms with van der Waals surface area (Å²) in [5.74, 6) is 0.798. The number of carbonyl (C=O) groups is 1. The van der Waals surface area contributed by atoms with Gasteiger partial charge in [0.05, 0.1) is 18.4 Å². The van der Waals surface area contributed by atoms with Gasteiger partial charge in [0.2, 0.25) is 5.91 Å². The predicted molar refractivity (Wildman–Crippen MR) is 81.3 cm³/mol. The van der Waals surface area contributed by atoms with Gasteiger partial charge in [-0.05, 0) is 40.4 Å². The molecule has 2 aromatic heterocycles. The van der Waals surface area contributed by atoms with Gasteiger partial charge in [0, 0.05) is 23.6 Å². The van der Waals surface area contributed by atoms with Gasteiger partial charge < -0.3 is 9.30 Å². The summed E-state index contributed by atoms with van der Waals surface area (Å²) in [5.41, 5.74) is 1.98. The molecule has 0 radical (unpaired) electrons. The van der Waals surface area contributed by atoms with Gasteiger partial charge in [-0.1, -0.05) is 13.3 Å². The summed E-state index contributed by atoms with van der Waals surface area (Å²) >= 11 is 3.48. The van der Waals surface area contributed by atoms with Crippen molar-refractivity contribution < 1.29 is 4.79 Å². The first-order valence-electron chi connectivity index (χ1n) is 7.06. The largest absolute Gasteiger partial charge is 0.337 e. The Balaban J connectivity index is 1.80. The number of pyridine rings is 1. The van der Waals surface area contributed by atoms with Gasteiger partial charge in [0.15, 0.2) is 0 Å². The van der Waals surface area contributed by atoms with Gasteiger partial charge in [0.1, 0.15) is 5.65 Å². The fraction of sp³-hybridized carbons (Fsp3) is 0.467. The Labute approximate surface area is 126 Å². The number of amides is 1. The van der Waals surface area contributed by atoms with Gasteiger partial charge in [0.25, 0.3) is 0 Å². The number of aromatic nitrogens is 2. The van der Waals surface area contributed by atoms with E-state index < -0.39 is 0 Å². The lowest BCUT2D eigenvalue weighted by molar-refractivity contribution is -0.128. The minimum atomic E-state index is 0.272. The summed E-state index contributed by atoms with van der Waals surface area (Å²) in [7, 11) is 0. The number of likely N-dealkylation sites (tertiary alicyclic amines) is 1. The molecule has 3 rings (SSSR count). The van der Waals surface area contributed by atoms with Crippen molar-refractivity contribution in [3.8, 4) is 0 Å². The Hall–Kier alpha value is -1.36. The number of nitrogens with zero attached hydrogens (tertiary/aromatic N) is 3. The van der Waals surface area contributed by atoms with Crippen LogP contribution in [0.4, 0.5) is 0 Å². The molecule has 0 saturated carbocycles. The van der Waals surface area contributed by atoms with E-state index in [4.69, 9.17) is 0 Å². The molecule has 1 atom stereocenters. The molecule has 0 N–H and O–H groups in total. The number of halogens is 1. The van der Waals surface area contributed by atoms with Crippen LogP contribution in [-0.2, 0) is 11.3 Å². The number of carbonyl (C=O) groups excluding carboxylic acids is 1. The van der Waals surface area contributed by atoms with Crippen LogP contribution in [0.2, 0.25) is 0 Å². The van der Waals surface area contributed by atoms with E-state index >= 15 is 0 Å². The van der Waals surface area contributed by atoms with Crippen molar-refractivity contribution in [2.75, 3.05) is 6.54 Å². The quantitative estimate of drug-likeness (QED) is 0.860. The highest BCUT2D eigenvalue weighted by atomic mass is 79.9. The smallest absolute Gasteiger partial charge is 0.223 e. The molecule has 0 aromatic carbocycles. The van der Waals surface area contributed by atoms with Crippen molar-refractivity contribution in [1.29, 1.82) is 0 Å². The van der Waals surface area contributed by atoms with E-state index in [-0.39, 0.29) is 5.91 Å². The lowest BCUT2D eigenvalue weighted by atomic mass is 10.0. The molecule has 1 fully saturated rings. The fourth-order valence-electron chi connectivity index (χ4n) is 2.93. The SMILES string of the molecule is CCCC1CC(=O)N(Cc2cnc3ccc(Br)cn23)C1. The maximum absolute atomic E-state index is 12.1. The molecule has 1 aliphatic heterocycles. The van der Waals surface area contributed by atoms with E-state index in [9.17, 15) is 4.79 Å². The van der Waals surface area contributed by atoms with Gasteiger partial charge in [-0.15, -0.1) is 0 Å². The summed E-state index contributed by atoms with van der Waals surface area (Å²) < 4.78 is 3.06. The van der Waals surface area contributed by atoms with E-state index in [0.29, 0.717) is 18.9 Å². The summed E-state index contributed by atoms with van der Waals surface area (Å²) in [4.78, 5) is 18.4. The minimum Gasteiger partial charge on any atom is -0.337 e. The Morgan fingerprint density at radius 1 is 1.45 bits per heavy atom. The first-order chi connectivity index (χ1) is 9.67. The molecule has 4 nitrogen and oxygen atoms in total. The van der Waals surface area contributed by atoms with Crippen LogP contribution in [-0.4, -0.2) is 26.7 Å². The first-order valence-corrected chi connectivity index (χ1v) is 7.86. The molecule has 5 heteroatoms. The van der Waals surface area contributed by atoms with Crippen molar-refractivity contribution in [2.24, 2.45) is 5.92 Å². The number of hydrogen-bond donors (Lipinski definition) is 0. The monoisotopic (exact) mass is 335 g/mol. The standard InChI is InChI=1S/C15H18BrN3O/c1-2-3-11-6-15(20)18(8-11)10-13-7-17-14-5-4-12(16)9-19(13)14/h4-5,7,9,11H,2-3,6,8,10H2,1H3. The number of hydrogen-bond acceptors (Lipinski definition) is 2. The Morgan fingerprint density at radius 2 is 2.30 bits per heavy atom. The van der Waals surface area contributed by atoms with E-state index in [1.807, 2.05) is 33.8 Å². The van der Waals surface area contributed by atoms with Gasteiger partial charge in [-0.2, -0.15) is 0 Å². The lowest BCUT2D eigenvalue weighted by Crippen LogP contribution is -2.25. The summed E-state index contributed by atoms with van der Waals surface area (Å²) in [5, 5.41) is 0. The first kappa shape index (κ1) is 13.6. The zero-order valence-corrected chi connectivity index (χ0v) is 13.1. The molecule has 0 spiro atoms. The van der Waals surface area contributed by atoms with Crippen LogP contribution in [0.15, 0.2) is 29.0 Å². The van der Waals surface area contributed by atoms with Crippen LogP contribution < -0.4 is 0 Å². The average molecular weight is 336 g/mol. The molecule has 1 aliphatic rings. The molecule has 2 aromatic rings. The van der Waals surface area contributed by atoms with Crippen LogP contribution in [0.1, 0.15) is 31.9 Å². The number of rotatable bonds is 4. The zero-order chi connectivity index (χ0) is 14.1. The normalized spacial score (nSPS) is 19.2. The van der Waals surface area contributed by atoms with E-state index in [1.165, 1.54) is 0 Å². The van der Waals surface area contributed by atoms with Crippen LogP contribution in [0.25, 0.3) is 5.65 Å². The average Bonchev–Trinajstić information content (AvgIpc) is 2.95. The topological polar surface area (TPSA) is 37.6 Å². The Kier molecular flexibility index (Phi) is 3.78. The van der Waals surface area contributed by atoms with Gasteiger partial charge in [-0.25, -0.2) is 4.98 Å². The Morgan fingerprint density at radius 3 is 3.10 bits per heavy atom. The van der Waals surface area contributed by atoms with Crippen molar-refractivity contribution >= 4 is 27.5 Å². The second kappa shape index (κ2) is 5.56. The van der Waals surface area contributed by atoms with Crippen molar-refractivity contribution in [3.63, 3.8) is 0 Å². The molecule has 0 aliphatic carbocycles. The second-order valence-corrected chi connectivity index (χ2v) is 6.37. The van der Waals surface area contributed by atoms with Crippen molar-refractivity contribution in [3.05, 3.63) is 34.7 Å². The minimum absolute atomic E-state index is 0.272. The third-order valence-electron chi connectivity index (χ3n) is 3.89. The van der Waals surface area contributed by atoms with E-state index in [0.717, 1.165) is 35.2 Å². The molecule has 1 saturated heterocycles. The molecular weight excluding hydrogens is 318 g/mol. The molecule has 1 amide bonds. The second-order valence-electron chi connectivity index (χ2n) is 5.46. The van der Waals surface area contributed by atoms with Crippen molar-refractivity contribution in [1.82, 2.24) is 14.3 Å². The summed E-state index contributed by atoms with van der Waals surface area (Å²) in [6.45, 7) is 3.71.